The Hall–Kier alpha value is -2.24. The molecule has 3 N–H and O–H groups in total. The van der Waals surface area contributed by atoms with Crippen LogP contribution in [0.3, 0.4) is 0 Å². The van der Waals surface area contributed by atoms with Crippen LogP contribution in [0.5, 0.6) is 0 Å². The largest absolute Gasteiger partial charge is 0.371 e. The van der Waals surface area contributed by atoms with Crippen molar-refractivity contribution in [2.75, 3.05) is 12.4 Å². The molecule has 0 atom stereocenters. The Labute approximate surface area is 104 Å². The smallest absolute Gasteiger partial charge is 0.229 e. The maximum absolute atomic E-state index is 11.5. The lowest BCUT2D eigenvalue weighted by Crippen LogP contribution is -2.29. The number of amides is 1. The number of carbonyl (C=O) groups is 1. The molecule has 1 saturated carbocycles. The lowest BCUT2D eigenvalue weighted by Gasteiger charge is -2.10. The van der Waals surface area contributed by atoms with Crippen LogP contribution < -0.4 is 11.1 Å². The number of hydrogen-bond acceptors (Lipinski definition) is 5. The lowest BCUT2D eigenvalue weighted by atomic mass is 10.0. The summed E-state index contributed by atoms with van der Waals surface area (Å²) in [6.07, 6.45) is 3.21. The van der Waals surface area contributed by atoms with Gasteiger partial charge in [-0.3, -0.25) is 4.79 Å². The average Bonchev–Trinajstić information content (AvgIpc) is 3.18. The van der Waals surface area contributed by atoms with Crippen LogP contribution in [0.15, 0.2) is 18.3 Å². The molecule has 0 spiro atoms. The highest BCUT2D eigenvalue weighted by molar-refractivity contribution is 5.92. The first-order valence-electron chi connectivity index (χ1n) is 5.78. The summed E-state index contributed by atoms with van der Waals surface area (Å²) in [5.41, 5.74) is 6.20. The van der Waals surface area contributed by atoms with Crippen molar-refractivity contribution in [2.24, 2.45) is 5.73 Å². The van der Waals surface area contributed by atoms with Gasteiger partial charge in [0.1, 0.15) is 5.52 Å². The van der Waals surface area contributed by atoms with E-state index >= 15 is 0 Å². The monoisotopic (exact) mass is 243 g/mol. The van der Waals surface area contributed by atoms with Crippen LogP contribution in [0.2, 0.25) is 0 Å². The molecule has 2 aromatic rings. The SMILES string of the molecule is CNc1nccc2cc(C3(C(N)=O)CC3)nnc12. The summed E-state index contributed by atoms with van der Waals surface area (Å²) in [6.45, 7) is 0. The molecule has 0 bridgehead atoms. The van der Waals surface area contributed by atoms with Gasteiger partial charge >= 0.3 is 0 Å². The van der Waals surface area contributed by atoms with Crippen molar-refractivity contribution >= 4 is 22.6 Å². The van der Waals surface area contributed by atoms with Crippen LogP contribution >= 0.6 is 0 Å². The van der Waals surface area contributed by atoms with E-state index in [0.717, 1.165) is 18.2 Å². The first-order valence-corrected chi connectivity index (χ1v) is 5.78. The van der Waals surface area contributed by atoms with E-state index in [2.05, 4.69) is 20.5 Å². The molecule has 18 heavy (non-hydrogen) atoms. The third-order valence-corrected chi connectivity index (χ3v) is 3.45. The van der Waals surface area contributed by atoms with E-state index in [0.29, 0.717) is 17.0 Å². The number of pyridine rings is 1. The number of primary amides is 1. The minimum atomic E-state index is -0.593. The molecule has 0 saturated heterocycles. The second-order valence-corrected chi connectivity index (χ2v) is 4.52. The van der Waals surface area contributed by atoms with Gasteiger partial charge in [0.15, 0.2) is 5.82 Å². The van der Waals surface area contributed by atoms with Gasteiger partial charge in [0, 0.05) is 18.6 Å². The van der Waals surface area contributed by atoms with Gasteiger partial charge in [-0.05, 0) is 25.0 Å². The Morgan fingerprint density at radius 3 is 2.83 bits per heavy atom. The van der Waals surface area contributed by atoms with Crippen molar-refractivity contribution in [2.45, 2.75) is 18.3 Å². The molecule has 0 aromatic carbocycles. The van der Waals surface area contributed by atoms with Gasteiger partial charge in [0.05, 0.1) is 11.1 Å². The van der Waals surface area contributed by atoms with Gasteiger partial charge < -0.3 is 11.1 Å². The number of hydrogen-bond donors (Lipinski definition) is 2. The first-order chi connectivity index (χ1) is 8.67. The van der Waals surface area contributed by atoms with E-state index in [1.54, 1.807) is 13.2 Å². The number of carbonyl (C=O) groups excluding carboxylic acids is 1. The number of nitrogens with zero attached hydrogens (tertiary/aromatic N) is 3. The van der Waals surface area contributed by atoms with Gasteiger partial charge in [-0.2, -0.15) is 5.10 Å². The summed E-state index contributed by atoms with van der Waals surface area (Å²) in [4.78, 5) is 15.6. The molecule has 0 radical (unpaired) electrons. The lowest BCUT2D eigenvalue weighted by molar-refractivity contribution is -0.120. The van der Waals surface area contributed by atoms with Crippen LogP contribution in [0, 0.1) is 0 Å². The number of nitrogens with one attached hydrogen (secondary N) is 1. The zero-order valence-corrected chi connectivity index (χ0v) is 9.97. The molecule has 0 unspecified atom stereocenters. The predicted octanol–water partition coefficient (Wildman–Crippen LogP) is 0.583. The Morgan fingerprint density at radius 1 is 1.44 bits per heavy atom. The molecular weight excluding hydrogens is 230 g/mol. The number of nitrogens with two attached hydrogens (primary N) is 1. The maximum Gasteiger partial charge on any atom is 0.229 e. The van der Waals surface area contributed by atoms with Crippen molar-refractivity contribution in [3.05, 3.63) is 24.0 Å². The second-order valence-electron chi connectivity index (χ2n) is 4.52. The van der Waals surface area contributed by atoms with Crippen LogP contribution in [-0.2, 0) is 10.2 Å². The molecule has 92 valence electrons. The Kier molecular flexibility index (Phi) is 2.19. The van der Waals surface area contributed by atoms with E-state index in [1.807, 2.05) is 12.1 Å². The van der Waals surface area contributed by atoms with E-state index in [1.165, 1.54) is 0 Å². The van der Waals surface area contributed by atoms with Gasteiger partial charge in [0.25, 0.3) is 0 Å². The Bertz CT molecular complexity index is 635. The quantitative estimate of drug-likeness (QED) is 0.822. The van der Waals surface area contributed by atoms with Gasteiger partial charge in [-0.25, -0.2) is 4.98 Å². The third-order valence-electron chi connectivity index (χ3n) is 3.45. The van der Waals surface area contributed by atoms with Gasteiger partial charge in [-0.1, -0.05) is 0 Å². The molecule has 0 aliphatic heterocycles. The Balaban J connectivity index is 2.16. The number of anilines is 1. The summed E-state index contributed by atoms with van der Waals surface area (Å²) in [6, 6.07) is 3.73. The van der Waals surface area contributed by atoms with E-state index < -0.39 is 5.41 Å². The van der Waals surface area contributed by atoms with Crippen LogP contribution in [0.1, 0.15) is 18.5 Å². The summed E-state index contributed by atoms with van der Waals surface area (Å²) < 4.78 is 0. The fraction of sp³-hybridized carbons (Fsp3) is 0.333. The number of aromatic nitrogens is 3. The number of fused-ring (bicyclic) bond motifs is 1. The van der Waals surface area contributed by atoms with Gasteiger partial charge in [0.2, 0.25) is 5.91 Å². The van der Waals surface area contributed by atoms with Crippen molar-refractivity contribution in [1.82, 2.24) is 15.2 Å². The molecule has 1 fully saturated rings. The summed E-state index contributed by atoms with van der Waals surface area (Å²) in [5.74, 6) is 0.356. The standard InChI is InChI=1S/C12H13N5O/c1-14-10-9-7(2-5-15-10)6-8(16-17-9)12(3-4-12)11(13)18/h2,5-6H,3-4H2,1H3,(H2,13,18)(H,14,15). The average molecular weight is 243 g/mol. The zero-order chi connectivity index (χ0) is 12.8. The zero-order valence-electron chi connectivity index (χ0n) is 9.97. The van der Waals surface area contributed by atoms with Crippen LogP contribution in [0.25, 0.3) is 10.9 Å². The molecule has 3 rings (SSSR count). The van der Waals surface area contributed by atoms with Gasteiger partial charge in [-0.15, -0.1) is 5.10 Å². The van der Waals surface area contributed by atoms with Crippen molar-refractivity contribution in [3.63, 3.8) is 0 Å². The first kappa shape index (κ1) is 10.9. The van der Waals surface area contributed by atoms with Crippen LogP contribution in [-0.4, -0.2) is 28.1 Å². The highest BCUT2D eigenvalue weighted by Gasteiger charge is 2.51. The van der Waals surface area contributed by atoms with Crippen molar-refractivity contribution < 1.29 is 4.79 Å². The topological polar surface area (TPSA) is 93.8 Å². The summed E-state index contributed by atoms with van der Waals surface area (Å²) >= 11 is 0. The fourth-order valence-corrected chi connectivity index (χ4v) is 2.14. The third kappa shape index (κ3) is 1.42. The van der Waals surface area contributed by atoms with Crippen molar-refractivity contribution in [1.29, 1.82) is 0 Å². The van der Waals surface area contributed by atoms with Crippen LogP contribution in [0.4, 0.5) is 5.82 Å². The molecular formula is C12H13N5O. The van der Waals surface area contributed by atoms with E-state index in [-0.39, 0.29) is 5.91 Å². The van der Waals surface area contributed by atoms with E-state index in [9.17, 15) is 4.79 Å². The molecule has 6 nitrogen and oxygen atoms in total. The highest BCUT2D eigenvalue weighted by Crippen LogP contribution is 2.47. The van der Waals surface area contributed by atoms with Crippen molar-refractivity contribution in [3.8, 4) is 0 Å². The Morgan fingerprint density at radius 2 is 2.22 bits per heavy atom. The second kappa shape index (κ2) is 3.63. The number of rotatable bonds is 3. The maximum atomic E-state index is 11.5. The fourth-order valence-electron chi connectivity index (χ4n) is 2.14. The highest BCUT2D eigenvalue weighted by atomic mass is 16.1. The van der Waals surface area contributed by atoms with E-state index in [4.69, 9.17) is 5.73 Å². The molecule has 1 aliphatic rings. The molecule has 2 heterocycles. The predicted molar refractivity (Wildman–Crippen MR) is 67.0 cm³/mol. The summed E-state index contributed by atoms with van der Waals surface area (Å²) in [7, 11) is 1.78. The normalized spacial score (nSPS) is 16.5. The molecule has 1 aliphatic carbocycles. The molecule has 1 amide bonds. The minimum absolute atomic E-state index is 0.320. The molecule has 2 aromatic heterocycles. The summed E-state index contributed by atoms with van der Waals surface area (Å²) in [5, 5.41) is 12.2. The minimum Gasteiger partial charge on any atom is -0.371 e. The molecule has 6 heteroatoms.